The summed E-state index contributed by atoms with van der Waals surface area (Å²) in [5.74, 6) is 1.37. The summed E-state index contributed by atoms with van der Waals surface area (Å²) in [6, 6.07) is 0. The first kappa shape index (κ1) is 11.5. The summed E-state index contributed by atoms with van der Waals surface area (Å²) < 4.78 is 0. The van der Waals surface area contributed by atoms with Gasteiger partial charge in [-0.25, -0.2) is 0 Å². The van der Waals surface area contributed by atoms with Crippen LogP contribution in [0.5, 0.6) is 0 Å². The molecule has 0 aromatic rings. The van der Waals surface area contributed by atoms with E-state index in [2.05, 4.69) is 12.2 Å². The molecule has 0 heterocycles. The molecule has 2 heteroatoms. The van der Waals surface area contributed by atoms with Gasteiger partial charge in [0.25, 0.3) is 0 Å². The lowest BCUT2D eigenvalue weighted by Crippen LogP contribution is -2.30. The van der Waals surface area contributed by atoms with Crippen molar-refractivity contribution in [2.45, 2.75) is 52.4 Å². The van der Waals surface area contributed by atoms with Crippen molar-refractivity contribution in [1.82, 2.24) is 5.32 Å². The molecule has 14 heavy (non-hydrogen) atoms. The monoisotopic (exact) mass is 197 g/mol. The highest BCUT2D eigenvalue weighted by atomic mass is 16.1. The number of amides is 1. The Kier molecular flexibility index (Phi) is 4.99. The maximum atomic E-state index is 11.4. The minimum Gasteiger partial charge on any atom is -0.356 e. The summed E-state index contributed by atoms with van der Waals surface area (Å²) in [4.78, 5) is 11.4. The van der Waals surface area contributed by atoms with Gasteiger partial charge in [-0.2, -0.15) is 0 Å². The molecule has 82 valence electrons. The standard InChI is InChI=1S/C12H23NO/c1-3-10(2)12(14)13-9-5-8-11-6-4-7-11/h10-11H,3-9H2,1-2H3,(H,13,14). The summed E-state index contributed by atoms with van der Waals surface area (Å²) in [6.07, 6.45) is 7.66. The largest absolute Gasteiger partial charge is 0.356 e. The lowest BCUT2D eigenvalue weighted by atomic mass is 9.82. The molecule has 0 radical (unpaired) electrons. The first-order valence-electron chi connectivity index (χ1n) is 6.01. The molecule has 1 atom stereocenters. The average Bonchev–Trinajstić information content (AvgIpc) is 2.13. The van der Waals surface area contributed by atoms with Crippen molar-refractivity contribution in [1.29, 1.82) is 0 Å². The maximum absolute atomic E-state index is 11.4. The predicted molar refractivity (Wildman–Crippen MR) is 59.0 cm³/mol. The van der Waals surface area contributed by atoms with Crippen molar-refractivity contribution < 1.29 is 4.79 Å². The van der Waals surface area contributed by atoms with Gasteiger partial charge in [0, 0.05) is 12.5 Å². The molecule has 1 rings (SSSR count). The number of rotatable bonds is 6. The molecule has 2 nitrogen and oxygen atoms in total. The maximum Gasteiger partial charge on any atom is 0.222 e. The Labute approximate surface area is 87.5 Å². The number of carbonyl (C=O) groups is 1. The fourth-order valence-electron chi connectivity index (χ4n) is 1.74. The third-order valence-corrected chi connectivity index (χ3v) is 3.37. The summed E-state index contributed by atoms with van der Waals surface area (Å²) >= 11 is 0. The third kappa shape index (κ3) is 3.69. The number of hydrogen-bond acceptors (Lipinski definition) is 1. The highest BCUT2D eigenvalue weighted by molar-refractivity contribution is 5.78. The summed E-state index contributed by atoms with van der Waals surface area (Å²) in [6.45, 7) is 4.92. The van der Waals surface area contributed by atoms with Crippen LogP contribution in [0.15, 0.2) is 0 Å². The van der Waals surface area contributed by atoms with Gasteiger partial charge in [0.15, 0.2) is 0 Å². The van der Waals surface area contributed by atoms with Crippen molar-refractivity contribution in [3.05, 3.63) is 0 Å². The van der Waals surface area contributed by atoms with E-state index in [1.807, 2.05) is 6.92 Å². The van der Waals surface area contributed by atoms with Gasteiger partial charge in [0.05, 0.1) is 0 Å². The molecule has 0 aromatic carbocycles. The smallest absolute Gasteiger partial charge is 0.222 e. The first-order chi connectivity index (χ1) is 6.74. The topological polar surface area (TPSA) is 29.1 Å². The van der Waals surface area contributed by atoms with Gasteiger partial charge in [-0.1, -0.05) is 33.1 Å². The summed E-state index contributed by atoms with van der Waals surface area (Å²) in [5, 5.41) is 3.00. The SMILES string of the molecule is CCC(C)C(=O)NCCCC1CCC1. The fourth-order valence-corrected chi connectivity index (χ4v) is 1.74. The van der Waals surface area contributed by atoms with Crippen molar-refractivity contribution in [2.75, 3.05) is 6.54 Å². The number of nitrogens with one attached hydrogen (secondary N) is 1. The van der Waals surface area contributed by atoms with Crippen LogP contribution >= 0.6 is 0 Å². The van der Waals surface area contributed by atoms with Gasteiger partial charge in [0.2, 0.25) is 5.91 Å². The van der Waals surface area contributed by atoms with E-state index in [0.29, 0.717) is 0 Å². The molecule has 1 amide bonds. The van der Waals surface area contributed by atoms with Crippen molar-refractivity contribution >= 4 is 5.91 Å². The molecule has 0 spiro atoms. The quantitative estimate of drug-likeness (QED) is 0.652. The Morgan fingerprint density at radius 1 is 1.50 bits per heavy atom. The zero-order chi connectivity index (χ0) is 10.4. The van der Waals surface area contributed by atoms with Crippen molar-refractivity contribution in [3.8, 4) is 0 Å². The highest BCUT2D eigenvalue weighted by Crippen LogP contribution is 2.30. The molecule has 0 aliphatic heterocycles. The molecule has 1 unspecified atom stereocenters. The molecule has 0 bridgehead atoms. The van der Waals surface area contributed by atoms with Gasteiger partial charge in [-0.15, -0.1) is 0 Å². The Morgan fingerprint density at radius 2 is 2.21 bits per heavy atom. The van der Waals surface area contributed by atoms with E-state index < -0.39 is 0 Å². The van der Waals surface area contributed by atoms with E-state index in [1.54, 1.807) is 0 Å². The summed E-state index contributed by atoms with van der Waals surface area (Å²) in [5.41, 5.74) is 0. The van der Waals surface area contributed by atoms with Crippen LogP contribution in [0, 0.1) is 11.8 Å². The van der Waals surface area contributed by atoms with Crippen LogP contribution in [0.3, 0.4) is 0 Å². The van der Waals surface area contributed by atoms with E-state index in [0.717, 1.165) is 25.3 Å². The van der Waals surface area contributed by atoms with Gasteiger partial charge in [-0.3, -0.25) is 4.79 Å². The van der Waals surface area contributed by atoms with Gasteiger partial charge >= 0.3 is 0 Å². The Hall–Kier alpha value is -0.530. The molecule has 1 N–H and O–H groups in total. The van der Waals surface area contributed by atoms with Gasteiger partial charge in [0.1, 0.15) is 0 Å². The molecule has 1 aliphatic rings. The Balaban J connectivity index is 1.94. The van der Waals surface area contributed by atoms with Crippen LogP contribution < -0.4 is 5.32 Å². The Morgan fingerprint density at radius 3 is 2.71 bits per heavy atom. The fraction of sp³-hybridized carbons (Fsp3) is 0.917. The van der Waals surface area contributed by atoms with Crippen LogP contribution in [0.25, 0.3) is 0 Å². The summed E-state index contributed by atoms with van der Waals surface area (Å²) in [7, 11) is 0. The van der Waals surface area contributed by atoms with Gasteiger partial charge in [-0.05, 0) is 25.2 Å². The second-order valence-corrected chi connectivity index (χ2v) is 4.54. The minimum atomic E-state index is 0.179. The number of hydrogen-bond donors (Lipinski definition) is 1. The normalized spacial score (nSPS) is 18.7. The molecule has 0 aromatic heterocycles. The Bertz CT molecular complexity index is 175. The highest BCUT2D eigenvalue weighted by Gasteiger charge is 2.16. The molecule has 1 aliphatic carbocycles. The van der Waals surface area contributed by atoms with E-state index in [4.69, 9.17) is 0 Å². The zero-order valence-corrected chi connectivity index (χ0v) is 9.51. The lowest BCUT2D eigenvalue weighted by Gasteiger charge is -2.25. The lowest BCUT2D eigenvalue weighted by molar-refractivity contribution is -0.124. The van der Waals surface area contributed by atoms with Crippen molar-refractivity contribution in [2.24, 2.45) is 11.8 Å². The second kappa shape index (κ2) is 6.05. The van der Waals surface area contributed by atoms with E-state index in [1.165, 1.54) is 25.7 Å². The average molecular weight is 197 g/mol. The van der Waals surface area contributed by atoms with E-state index >= 15 is 0 Å². The van der Waals surface area contributed by atoms with E-state index in [9.17, 15) is 4.79 Å². The molecule has 1 saturated carbocycles. The first-order valence-corrected chi connectivity index (χ1v) is 6.01. The molecule has 1 fully saturated rings. The van der Waals surface area contributed by atoms with Crippen molar-refractivity contribution in [3.63, 3.8) is 0 Å². The van der Waals surface area contributed by atoms with Crippen LogP contribution in [0.4, 0.5) is 0 Å². The predicted octanol–water partition coefficient (Wildman–Crippen LogP) is 2.73. The van der Waals surface area contributed by atoms with Gasteiger partial charge < -0.3 is 5.32 Å². The van der Waals surface area contributed by atoms with Crippen LogP contribution in [-0.2, 0) is 4.79 Å². The van der Waals surface area contributed by atoms with Crippen LogP contribution in [-0.4, -0.2) is 12.5 Å². The third-order valence-electron chi connectivity index (χ3n) is 3.37. The van der Waals surface area contributed by atoms with Crippen LogP contribution in [0.1, 0.15) is 52.4 Å². The molecular formula is C12H23NO. The minimum absolute atomic E-state index is 0.179. The van der Waals surface area contributed by atoms with Crippen LogP contribution in [0.2, 0.25) is 0 Å². The van der Waals surface area contributed by atoms with E-state index in [-0.39, 0.29) is 11.8 Å². The second-order valence-electron chi connectivity index (χ2n) is 4.54. The zero-order valence-electron chi connectivity index (χ0n) is 9.51. The molecule has 0 saturated heterocycles. The molecular weight excluding hydrogens is 174 g/mol. The number of carbonyl (C=O) groups excluding carboxylic acids is 1.